The first kappa shape index (κ1) is 31.6. The van der Waals surface area contributed by atoms with E-state index < -0.39 is 17.7 Å². The van der Waals surface area contributed by atoms with Gasteiger partial charge in [-0.25, -0.2) is 4.79 Å². The van der Waals surface area contributed by atoms with Crippen LogP contribution in [0.3, 0.4) is 0 Å². The van der Waals surface area contributed by atoms with Crippen molar-refractivity contribution in [2.24, 2.45) is 0 Å². The highest BCUT2D eigenvalue weighted by molar-refractivity contribution is 5.91. The lowest BCUT2D eigenvalue weighted by atomic mass is 9.92. The number of benzene rings is 1. The Kier molecular flexibility index (Phi) is 13.1. The molecule has 0 saturated heterocycles. The van der Waals surface area contributed by atoms with Crippen LogP contribution in [0.5, 0.6) is 0 Å². The molecule has 7 heteroatoms. The maximum Gasteiger partial charge on any atom is 0.408 e. The fraction of sp³-hybridized carbons (Fsp3) is 0.710. The Morgan fingerprint density at radius 1 is 1.00 bits per heavy atom. The molecule has 2 N–H and O–H groups in total. The Bertz CT molecular complexity index is 903. The summed E-state index contributed by atoms with van der Waals surface area (Å²) >= 11 is 0. The van der Waals surface area contributed by atoms with Gasteiger partial charge in [-0.05, 0) is 70.6 Å². The van der Waals surface area contributed by atoms with Crippen molar-refractivity contribution in [2.75, 3.05) is 13.1 Å². The van der Waals surface area contributed by atoms with Crippen molar-refractivity contribution in [3.05, 3.63) is 34.9 Å². The van der Waals surface area contributed by atoms with Gasteiger partial charge < -0.3 is 20.3 Å². The topological polar surface area (TPSA) is 87.7 Å². The monoisotopic (exact) mass is 529 g/mol. The Morgan fingerprint density at radius 2 is 1.66 bits per heavy atom. The van der Waals surface area contributed by atoms with Gasteiger partial charge in [0.05, 0.1) is 0 Å². The van der Waals surface area contributed by atoms with Crippen molar-refractivity contribution < 1.29 is 19.1 Å². The van der Waals surface area contributed by atoms with Crippen LogP contribution < -0.4 is 10.6 Å². The smallest absolute Gasteiger partial charge is 0.408 e. The van der Waals surface area contributed by atoms with Crippen LogP contribution in [0.4, 0.5) is 4.79 Å². The maximum absolute atomic E-state index is 13.9. The van der Waals surface area contributed by atoms with Gasteiger partial charge in [-0.1, -0.05) is 76.5 Å². The number of nitrogens with zero attached hydrogens (tertiary/aromatic N) is 1. The SMILES string of the molecule is CCCCCCCCN(C(=O)CNC(=O)OC(C)(C)C)C(C(=O)NC1CCCCC1)c1cccc(C)c1C. The number of hydrogen-bond acceptors (Lipinski definition) is 4. The summed E-state index contributed by atoms with van der Waals surface area (Å²) in [5.74, 6) is -0.420. The first-order valence-electron chi connectivity index (χ1n) is 14.7. The molecule has 1 atom stereocenters. The molecule has 0 spiro atoms. The van der Waals surface area contributed by atoms with Crippen molar-refractivity contribution in [2.45, 2.75) is 130 Å². The van der Waals surface area contributed by atoms with Crippen LogP contribution in [0.2, 0.25) is 0 Å². The van der Waals surface area contributed by atoms with Crippen molar-refractivity contribution >= 4 is 17.9 Å². The summed E-state index contributed by atoms with van der Waals surface area (Å²) in [4.78, 5) is 41.5. The Morgan fingerprint density at radius 3 is 2.32 bits per heavy atom. The van der Waals surface area contributed by atoms with E-state index in [1.54, 1.807) is 25.7 Å². The van der Waals surface area contributed by atoms with E-state index in [1.807, 2.05) is 32.0 Å². The summed E-state index contributed by atoms with van der Waals surface area (Å²) in [6.45, 7) is 11.8. The molecule has 1 saturated carbocycles. The molecule has 1 fully saturated rings. The van der Waals surface area contributed by atoms with E-state index in [0.717, 1.165) is 61.6 Å². The summed E-state index contributed by atoms with van der Waals surface area (Å²) in [6.07, 6.45) is 11.2. The van der Waals surface area contributed by atoms with E-state index in [4.69, 9.17) is 4.74 Å². The lowest BCUT2D eigenvalue weighted by Gasteiger charge is -2.34. The van der Waals surface area contributed by atoms with E-state index in [2.05, 4.69) is 17.6 Å². The average molecular weight is 530 g/mol. The van der Waals surface area contributed by atoms with Crippen LogP contribution >= 0.6 is 0 Å². The summed E-state index contributed by atoms with van der Waals surface area (Å²) in [6, 6.07) is 5.32. The van der Waals surface area contributed by atoms with E-state index >= 15 is 0 Å². The van der Waals surface area contributed by atoms with E-state index in [0.29, 0.717) is 6.54 Å². The summed E-state index contributed by atoms with van der Waals surface area (Å²) in [5, 5.41) is 5.88. The molecule has 1 aromatic rings. The number of unbranched alkanes of at least 4 members (excludes halogenated alkanes) is 5. The summed E-state index contributed by atoms with van der Waals surface area (Å²) in [7, 11) is 0. The highest BCUT2D eigenvalue weighted by atomic mass is 16.6. The van der Waals surface area contributed by atoms with Gasteiger partial charge in [-0.15, -0.1) is 0 Å². The van der Waals surface area contributed by atoms with Crippen molar-refractivity contribution in [1.82, 2.24) is 15.5 Å². The van der Waals surface area contributed by atoms with Gasteiger partial charge in [0, 0.05) is 12.6 Å². The molecule has 38 heavy (non-hydrogen) atoms. The average Bonchev–Trinajstić information content (AvgIpc) is 2.85. The minimum absolute atomic E-state index is 0.134. The largest absolute Gasteiger partial charge is 0.444 e. The number of alkyl carbamates (subject to hydrolysis) is 1. The second-order valence-corrected chi connectivity index (χ2v) is 11.7. The van der Waals surface area contributed by atoms with E-state index in [1.165, 1.54) is 25.7 Å². The van der Waals surface area contributed by atoms with Gasteiger partial charge in [0.15, 0.2) is 0 Å². The molecule has 1 aliphatic rings. The summed E-state index contributed by atoms with van der Waals surface area (Å²) < 4.78 is 5.33. The fourth-order valence-electron chi connectivity index (χ4n) is 5.07. The zero-order valence-corrected chi connectivity index (χ0v) is 24.7. The standard InChI is InChI=1S/C31H51N3O4/c1-7-8-9-10-11-15-21-34(27(35)22-32-30(37)38-31(4,5)6)28(26-20-16-17-23(2)24(26)3)29(36)33-25-18-13-12-14-19-25/h16-17,20,25,28H,7-15,18-19,21-22H2,1-6H3,(H,32,37)(H,33,36). The number of hydrogen-bond donors (Lipinski definition) is 2. The van der Waals surface area contributed by atoms with Crippen LogP contribution in [0.1, 0.15) is 121 Å². The Balaban J connectivity index is 2.31. The van der Waals surface area contributed by atoms with Gasteiger partial charge in [0.1, 0.15) is 18.2 Å². The van der Waals surface area contributed by atoms with Crippen molar-refractivity contribution in [3.63, 3.8) is 0 Å². The number of amides is 3. The number of ether oxygens (including phenoxy) is 1. The minimum Gasteiger partial charge on any atom is -0.444 e. The molecule has 0 bridgehead atoms. The lowest BCUT2D eigenvalue weighted by molar-refractivity contribution is -0.140. The molecule has 1 unspecified atom stereocenters. The quantitative estimate of drug-likeness (QED) is 0.285. The second kappa shape index (κ2) is 15.7. The van der Waals surface area contributed by atoms with E-state index in [-0.39, 0.29) is 24.4 Å². The molecule has 2 rings (SSSR count). The van der Waals surface area contributed by atoms with Gasteiger partial charge in [-0.3, -0.25) is 9.59 Å². The number of rotatable bonds is 13. The highest BCUT2D eigenvalue weighted by Gasteiger charge is 2.34. The van der Waals surface area contributed by atoms with Crippen molar-refractivity contribution in [1.29, 1.82) is 0 Å². The molecule has 0 radical (unpaired) electrons. The fourth-order valence-corrected chi connectivity index (χ4v) is 5.07. The number of carbonyl (C=O) groups is 3. The van der Waals surface area contributed by atoms with Gasteiger partial charge in [0.2, 0.25) is 11.8 Å². The highest BCUT2D eigenvalue weighted by Crippen LogP contribution is 2.28. The predicted octanol–water partition coefficient (Wildman–Crippen LogP) is 6.51. The predicted molar refractivity (Wildman–Crippen MR) is 153 cm³/mol. The van der Waals surface area contributed by atoms with Crippen LogP contribution in [0.25, 0.3) is 0 Å². The van der Waals surface area contributed by atoms with Gasteiger partial charge in [0.25, 0.3) is 0 Å². The number of aryl methyl sites for hydroxylation is 1. The number of nitrogens with one attached hydrogen (secondary N) is 2. The Hall–Kier alpha value is -2.57. The molecular weight excluding hydrogens is 478 g/mol. The first-order valence-corrected chi connectivity index (χ1v) is 14.7. The zero-order chi connectivity index (χ0) is 28.1. The third-order valence-corrected chi connectivity index (χ3v) is 7.31. The second-order valence-electron chi connectivity index (χ2n) is 11.7. The first-order chi connectivity index (χ1) is 18.0. The normalized spacial score (nSPS) is 15.0. The van der Waals surface area contributed by atoms with Crippen LogP contribution in [-0.2, 0) is 14.3 Å². The molecule has 7 nitrogen and oxygen atoms in total. The molecule has 1 aliphatic carbocycles. The number of carbonyl (C=O) groups excluding carboxylic acids is 3. The third-order valence-electron chi connectivity index (χ3n) is 7.31. The lowest BCUT2D eigenvalue weighted by Crippen LogP contribution is -2.50. The van der Waals surface area contributed by atoms with Crippen LogP contribution in [0, 0.1) is 13.8 Å². The molecule has 0 heterocycles. The molecule has 214 valence electrons. The molecule has 0 aliphatic heterocycles. The van der Waals surface area contributed by atoms with Crippen LogP contribution in [-0.4, -0.2) is 47.5 Å². The third kappa shape index (κ3) is 10.7. The molecule has 1 aromatic carbocycles. The maximum atomic E-state index is 13.9. The van der Waals surface area contributed by atoms with Crippen LogP contribution in [0.15, 0.2) is 18.2 Å². The van der Waals surface area contributed by atoms with E-state index in [9.17, 15) is 14.4 Å². The molecular formula is C31H51N3O4. The zero-order valence-electron chi connectivity index (χ0n) is 24.7. The van der Waals surface area contributed by atoms with Gasteiger partial charge in [-0.2, -0.15) is 0 Å². The summed E-state index contributed by atoms with van der Waals surface area (Å²) in [5.41, 5.74) is 2.27. The minimum atomic E-state index is -0.750. The Labute approximate surface area is 230 Å². The molecule has 3 amide bonds. The van der Waals surface area contributed by atoms with Crippen molar-refractivity contribution in [3.8, 4) is 0 Å². The molecule has 0 aromatic heterocycles. The van der Waals surface area contributed by atoms with Gasteiger partial charge >= 0.3 is 6.09 Å².